The van der Waals surface area contributed by atoms with Crippen molar-refractivity contribution < 1.29 is 14.6 Å². The number of hydrogen-bond donors (Lipinski definition) is 1. The largest absolute Gasteiger partial charge is 0.462 e. The van der Waals surface area contributed by atoms with Crippen LogP contribution in [0.3, 0.4) is 0 Å². The van der Waals surface area contributed by atoms with Crippen molar-refractivity contribution in [1.82, 2.24) is 0 Å². The van der Waals surface area contributed by atoms with Crippen LogP contribution in [0.25, 0.3) is 0 Å². The van der Waals surface area contributed by atoms with Crippen molar-refractivity contribution in [3.05, 3.63) is 33.3 Å². The highest BCUT2D eigenvalue weighted by Gasteiger charge is 2.17. The molecule has 0 heterocycles. The number of aliphatic hydroxyl groups is 1. The Kier molecular flexibility index (Phi) is 4.47. The number of ether oxygens (including phenoxy) is 1. The molecule has 0 fully saturated rings. The number of rotatable bonds is 3. The minimum atomic E-state index is -0.532. The molecular weight excluding hydrogens is 274 g/mol. The lowest BCUT2D eigenvalue weighted by atomic mass is 10.0. The van der Waals surface area contributed by atoms with Gasteiger partial charge in [-0.15, -0.1) is 0 Å². The van der Waals surface area contributed by atoms with Crippen LogP contribution >= 0.6 is 15.9 Å². The number of carbonyl (C=O) groups is 1. The second kappa shape index (κ2) is 5.64. The quantitative estimate of drug-likeness (QED) is 0.862. The second-order valence-electron chi connectivity index (χ2n) is 2.94. The first kappa shape index (κ1) is 12.7. The lowest BCUT2D eigenvalue weighted by Crippen LogP contribution is -2.10. The SMILES string of the molecule is CCOC(=O)c1ccc(Br)c(C#N)c1CO. The van der Waals surface area contributed by atoms with Gasteiger partial charge in [0.05, 0.1) is 24.3 Å². The molecule has 0 saturated carbocycles. The molecule has 1 aromatic carbocycles. The summed E-state index contributed by atoms with van der Waals surface area (Å²) in [7, 11) is 0. The molecule has 1 rings (SSSR count). The maximum Gasteiger partial charge on any atom is 0.338 e. The first-order valence-electron chi connectivity index (χ1n) is 4.65. The van der Waals surface area contributed by atoms with Crippen molar-refractivity contribution in [3.8, 4) is 6.07 Å². The molecule has 0 unspecified atom stereocenters. The second-order valence-corrected chi connectivity index (χ2v) is 3.79. The smallest absolute Gasteiger partial charge is 0.338 e. The van der Waals surface area contributed by atoms with Gasteiger partial charge in [-0.2, -0.15) is 5.26 Å². The van der Waals surface area contributed by atoms with E-state index < -0.39 is 5.97 Å². The highest BCUT2D eigenvalue weighted by atomic mass is 79.9. The summed E-state index contributed by atoms with van der Waals surface area (Å²) in [6.45, 7) is 1.57. The van der Waals surface area contributed by atoms with Crippen molar-refractivity contribution in [2.45, 2.75) is 13.5 Å². The molecule has 0 radical (unpaired) electrons. The first-order valence-corrected chi connectivity index (χ1v) is 5.44. The molecule has 0 saturated heterocycles. The van der Waals surface area contributed by atoms with E-state index in [2.05, 4.69) is 15.9 Å². The molecule has 1 N–H and O–H groups in total. The molecule has 1 aromatic rings. The summed E-state index contributed by atoms with van der Waals surface area (Å²) in [6, 6.07) is 5.05. The summed E-state index contributed by atoms with van der Waals surface area (Å²) in [4.78, 5) is 11.5. The standard InChI is InChI=1S/C11H10BrNO3/c1-2-16-11(15)7-3-4-10(12)8(5-13)9(7)6-14/h3-4,14H,2,6H2,1H3. The van der Waals surface area contributed by atoms with Gasteiger partial charge in [-0.05, 0) is 35.0 Å². The molecule has 0 amide bonds. The topological polar surface area (TPSA) is 70.3 Å². The molecular formula is C11H10BrNO3. The van der Waals surface area contributed by atoms with E-state index in [0.29, 0.717) is 4.47 Å². The van der Waals surface area contributed by atoms with Crippen LogP contribution in [0, 0.1) is 11.3 Å². The Morgan fingerprint density at radius 3 is 2.81 bits per heavy atom. The predicted octanol–water partition coefficient (Wildman–Crippen LogP) is 1.99. The van der Waals surface area contributed by atoms with Crippen molar-refractivity contribution >= 4 is 21.9 Å². The zero-order valence-electron chi connectivity index (χ0n) is 8.66. The predicted molar refractivity (Wildman–Crippen MR) is 60.7 cm³/mol. The number of nitriles is 1. The number of halogens is 1. The van der Waals surface area contributed by atoms with Gasteiger partial charge in [0.25, 0.3) is 0 Å². The normalized spacial score (nSPS) is 9.62. The minimum absolute atomic E-state index is 0.226. The minimum Gasteiger partial charge on any atom is -0.462 e. The highest BCUT2D eigenvalue weighted by Crippen LogP contribution is 2.24. The lowest BCUT2D eigenvalue weighted by molar-refractivity contribution is 0.0522. The van der Waals surface area contributed by atoms with Crippen LogP contribution in [-0.4, -0.2) is 17.7 Å². The van der Waals surface area contributed by atoms with Crippen molar-refractivity contribution in [1.29, 1.82) is 5.26 Å². The summed E-state index contributed by atoms with van der Waals surface area (Å²) in [5, 5.41) is 18.1. The molecule has 0 spiro atoms. The molecule has 0 aliphatic heterocycles. The third-order valence-electron chi connectivity index (χ3n) is 2.03. The van der Waals surface area contributed by atoms with Crippen molar-refractivity contribution in [2.75, 3.05) is 6.61 Å². The van der Waals surface area contributed by atoms with E-state index in [1.54, 1.807) is 13.0 Å². The van der Waals surface area contributed by atoms with Gasteiger partial charge in [-0.3, -0.25) is 0 Å². The Morgan fingerprint density at radius 2 is 2.31 bits per heavy atom. The molecule has 5 heteroatoms. The molecule has 4 nitrogen and oxygen atoms in total. The third-order valence-corrected chi connectivity index (χ3v) is 2.69. The lowest BCUT2D eigenvalue weighted by Gasteiger charge is -2.09. The van der Waals surface area contributed by atoms with E-state index in [0.717, 1.165) is 0 Å². The molecule has 0 bridgehead atoms. The maximum atomic E-state index is 11.5. The number of esters is 1. The van der Waals surface area contributed by atoms with Gasteiger partial charge in [-0.1, -0.05) is 0 Å². The summed E-state index contributed by atoms with van der Waals surface area (Å²) in [6.07, 6.45) is 0. The van der Waals surface area contributed by atoms with Crippen LogP contribution in [0.2, 0.25) is 0 Å². The third kappa shape index (κ3) is 2.40. The number of aliphatic hydroxyl groups excluding tert-OH is 1. The number of hydrogen-bond acceptors (Lipinski definition) is 4. The van der Waals surface area contributed by atoms with Gasteiger partial charge in [0.1, 0.15) is 6.07 Å². The molecule has 0 aromatic heterocycles. The summed E-state index contributed by atoms with van der Waals surface area (Å²) < 4.78 is 5.38. The van der Waals surface area contributed by atoms with E-state index >= 15 is 0 Å². The fourth-order valence-corrected chi connectivity index (χ4v) is 1.76. The summed E-state index contributed by atoms with van der Waals surface area (Å²) in [5.41, 5.74) is 0.771. The maximum absolute atomic E-state index is 11.5. The fourth-order valence-electron chi connectivity index (χ4n) is 1.30. The van der Waals surface area contributed by atoms with Crippen LogP contribution in [0.4, 0.5) is 0 Å². The van der Waals surface area contributed by atoms with Crippen LogP contribution in [0.5, 0.6) is 0 Å². The van der Waals surface area contributed by atoms with Crippen molar-refractivity contribution in [3.63, 3.8) is 0 Å². The average molecular weight is 284 g/mol. The Labute approximate surface area is 102 Å². The highest BCUT2D eigenvalue weighted by molar-refractivity contribution is 9.10. The molecule has 16 heavy (non-hydrogen) atoms. The van der Waals surface area contributed by atoms with E-state index in [9.17, 15) is 9.90 Å². The zero-order valence-corrected chi connectivity index (χ0v) is 10.2. The Bertz CT molecular complexity index is 451. The van der Waals surface area contributed by atoms with Gasteiger partial charge in [-0.25, -0.2) is 4.79 Å². The zero-order chi connectivity index (χ0) is 12.1. The average Bonchev–Trinajstić information content (AvgIpc) is 2.28. The van der Waals surface area contributed by atoms with E-state index in [1.165, 1.54) is 6.07 Å². The van der Waals surface area contributed by atoms with E-state index in [4.69, 9.17) is 10.00 Å². The monoisotopic (exact) mass is 283 g/mol. The summed E-state index contributed by atoms with van der Waals surface area (Å²) in [5.74, 6) is -0.532. The molecule has 84 valence electrons. The molecule has 0 aliphatic carbocycles. The fraction of sp³-hybridized carbons (Fsp3) is 0.273. The van der Waals surface area contributed by atoms with Gasteiger partial charge in [0.2, 0.25) is 0 Å². The molecule has 0 atom stereocenters. The summed E-state index contributed by atoms with van der Waals surface area (Å²) >= 11 is 3.18. The van der Waals surface area contributed by atoms with Crippen LogP contribution in [0.1, 0.15) is 28.4 Å². The van der Waals surface area contributed by atoms with Crippen molar-refractivity contribution in [2.24, 2.45) is 0 Å². The Morgan fingerprint density at radius 1 is 1.62 bits per heavy atom. The first-order chi connectivity index (χ1) is 7.65. The van der Waals surface area contributed by atoms with Crippen LogP contribution in [0.15, 0.2) is 16.6 Å². The van der Waals surface area contributed by atoms with E-state index in [-0.39, 0.29) is 29.9 Å². The number of nitrogens with zero attached hydrogens (tertiary/aromatic N) is 1. The van der Waals surface area contributed by atoms with Crippen LogP contribution in [-0.2, 0) is 11.3 Å². The van der Waals surface area contributed by atoms with Gasteiger partial charge in [0.15, 0.2) is 0 Å². The number of carbonyl (C=O) groups excluding carboxylic acids is 1. The Balaban J connectivity index is 3.31. The molecule has 0 aliphatic rings. The van der Waals surface area contributed by atoms with Gasteiger partial charge >= 0.3 is 5.97 Å². The number of benzene rings is 1. The van der Waals surface area contributed by atoms with E-state index in [1.807, 2.05) is 6.07 Å². The van der Waals surface area contributed by atoms with Gasteiger partial charge < -0.3 is 9.84 Å². The van der Waals surface area contributed by atoms with Crippen LogP contribution < -0.4 is 0 Å². The Hall–Kier alpha value is -1.38. The van der Waals surface area contributed by atoms with Gasteiger partial charge in [0, 0.05) is 10.0 Å².